The van der Waals surface area contributed by atoms with E-state index in [0.717, 1.165) is 24.5 Å². The molecule has 3 rings (SSSR count). The minimum atomic E-state index is 0.420. The zero-order valence-corrected chi connectivity index (χ0v) is 11.4. The Bertz CT molecular complexity index is 421. The molecule has 0 radical (unpaired) electrons. The van der Waals surface area contributed by atoms with E-state index in [1.165, 1.54) is 24.8 Å². The van der Waals surface area contributed by atoms with E-state index in [4.69, 9.17) is 17.3 Å². The molecule has 0 aromatic heterocycles. The van der Waals surface area contributed by atoms with Gasteiger partial charge in [0.25, 0.3) is 0 Å². The molecule has 2 saturated heterocycles. The first-order valence-electron chi connectivity index (χ1n) is 6.98. The van der Waals surface area contributed by atoms with Gasteiger partial charge in [0.2, 0.25) is 0 Å². The Labute approximate surface area is 114 Å². The molecule has 0 bridgehead atoms. The Balaban J connectivity index is 1.73. The summed E-state index contributed by atoms with van der Waals surface area (Å²) >= 11 is 6.32. The van der Waals surface area contributed by atoms with Gasteiger partial charge in [-0.15, -0.1) is 0 Å². The van der Waals surface area contributed by atoms with E-state index in [0.29, 0.717) is 18.0 Å². The second-order valence-electron chi connectivity index (χ2n) is 5.73. The summed E-state index contributed by atoms with van der Waals surface area (Å²) in [6, 6.07) is 9.44. The third-order valence-electron chi connectivity index (χ3n) is 4.53. The van der Waals surface area contributed by atoms with Crippen LogP contribution in [0.15, 0.2) is 24.3 Å². The van der Waals surface area contributed by atoms with Gasteiger partial charge in [0.15, 0.2) is 0 Å². The maximum Gasteiger partial charge on any atom is 0.0441 e. The summed E-state index contributed by atoms with van der Waals surface area (Å²) in [5.74, 6) is 0.601. The van der Waals surface area contributed by atoms with Crippen molar-refractivity contribution in [3.8, 4) is 0 Å². The van der Waals surface area contributed by atoms with E-state index < -0.39 is 0 Å². The molecule has 2 aliphatic rings. The average Bonchev–Trinajstić information content (AvgIpc) is 2.39. The molecule has 3 atom stereocenters. The number of hydrogen-bond donors (Lipinski definition) is 1. The Hall–Kier alpha value is -0.570. The van der Waals surface area contributed by atoms with Crippen molar-refractivity contribution >= 4 is 11.6 Å². The lowest BCUT2D eigenvalue weighted by Crippen LogP contribution is -2.50. The smallest absolute Gasteiger partial charge is 0.0441 e. The van der Waals surface area contributed by atoms with Crippen LogP contribution in [-0.4, -0.2) is 30.1 Å². The van der Waals surface area contributed by atoms with E-state index in [2.05, 4.69) is 17.0 Å². The van der Waals surface area contributed by atoms with E-state index in [1.54, 1.807) is 0 Å². The quantitative estimate of drug-likeness (QED) is 0.845. The summed E-state index contributed by atoms with van der Waals surface area (Å²) in [5.41, 5.74) is 7.39. The molecule has 2 nitrogen and oxygen atoms in total. The second kappa shape index (κ2) is 5.20. The van der Waals surface area contributed by atoms with E-state index in [-0.39, 0.29) is 0 Å². The fourth-order valence-electron chi connectivity index (χ4n) is 3.50. The van der Waals surface area contributed by atoms with Crippen LogP contribution in [0.4, 0.5) is 0 Å². The molecule has 1 aromatic carbocycles. The monoisotopic (exact) mass is 264 g/mol. The van der Waals surface area contributed by atoms with Crippen LogP contribution in [0.25, 0.3) is 0 Å². The van der Waals surface area contributed by atoms with Crippen molar-refractivity contribution in [3.05, 3.63) is 34.9 Å². The lowest BCUT2D eigenvalue weighted by molar-refractivity contribution is 0.0867. The molecular formula is C15H21ClN2. The molecule has 0 saturated carbocycles. The third-order valence-corrected chi connectivity index (χ3v) is 4.87. The summed E-state index contributed by atoms with van der Waals surface area (Å²) in [7, 11) is 0. The number of benzene rings is 1. The topological polar surface area (TPSA) is 29.3 Å². The first-order chi connectivity index (χ1) is 8.74. The van der Waals surface area contributed by atoms with Crippen molar-refractivity contribution in [1.29, 1.82) is 0 Å². The van der Waals surface area contributed by atoms with Crippen LogP contribution in [0.2, 0.25) is 5.02 Å². The summed E-state index contributed by atoms with van der Waals surface area (Å²) in [6.45, 7) is 2.31. The fourth-order valence-corrected chi connectivity index (χ4v) is 3.79. The molecule has 1 aromatic rings. The normalized spacial score (nSPS) is 33.1. The Morgan fingerprint density at radius 1 is 1.17 bits per heavy atom. The first kappa shape index (κ1) is 12.5. The molecule has 2 N–H and O–H groups in total. The zero-order valence-electron chi connectivity index (χ0n) is 10.7. The van der Waals surface area contributed by atoms with Crippen LogP contribution >= 0.6 is 11.6 Å². The van der Waals surface area contributed by atoms with Crippen molar-refractivity contribution < 1.29 is 0 Å². The highest BCUT2D eigenvalue weighted by atomic mass is 35.5. The van der Waals surface area contributed by atoms with Gasteiger partial charge >= 0.3 is 0 Å². The minimum Gasteiger partial charge on any atom is -0.328 e. The molecule has 98 valence electrons. The van der Waals surface area contributed by atoms with Crippen LogP contribution in [0.1, 0.15) is 37.2 Å². The summed E-state index contributed by atoms with van der Waals surface area (Å²) in [4.78, 5) is 2.63. The second-order valence-corrected chi connectivity index (χ2v) is 6.14. The Morgan fingerprint density at radius 3 is 2.83 bits per heavy atom. The maximum atomic E-state index is 6.32. The van der Waals surface area contributed by atoms with E-state index in [1.807, 2.05) is 12.1 Å². The number of piperidine rings is 2. The minimum absolute atomic E-state index is 0.420. The number of hydrogen-bond acceptors (Lipinski definition) is 2. The highest BCUT2D eigenvalue weighted by molar-refractivity contribution is 6.31. The largest absolute Gasteiger partial charge is 0.328 e. The third kappa shape index (κ3) is 2.42. The summed E-state index contributed by atoms with van der Waals surface area (Å²) in [5, 5.41) is 0.926. The molecular weight excluding hydrogens is 244 g/mol. The lowest BCUT2D eigenvalue weighted by Gasteiger charge is -2.44. The van der Waals surface area contributed by atoms with Crippen molar-refractivity contribution in [2.75, 3.05) is 13.1 Å². The fraction of sp³-hybridized carbons (Fsp3) is 0.600. The Kier molecular flexibility index (Phi) is 3.60. The molecule has 2 heterocycles. The van der Waals surface area contributed by atoms with Crippen molar-refractivity contribution in [2.45, 2.75) is 43.7 Å². The molecule has 0 amide bonds. The molecule has 18 heavy (non-hydrogen) atoms. The zero-order chi connectivity index (χ0) is 12.5. The van der Waals surface area contributed by atoms with Gasteiger partial charge < -0.3 is 5.73 Å². The highest BCUT2D eigenvalue weighted by Crippen LogP contribution is 2.36. The van der Waals surface area contributed by atoms with Crippen molar-refractivity contribution in [1.82, 2.24) is 4.90 Å². The van der Waals surface area contributed by atoms with Gasteiger partial charge in [0, 0.05) is 23.7 Å². The average molecular weight is 265 g/mol. The SMILES string of the molecule is N[C@@H]1CCN2C[C@@H](c3ccccc3Cl)CC[C@@H]2C1. The number of halogens is 1. The molecule has 0 spiro atoms. The summed E-state index contributed by atoms with van der Waals surface area (Å²) < 4.78 is 0. The molecule has 2 fully saturated rings. The number of rotatable bonds is 1. The van der Waals surface area contributed by atoms with Crippen LogP contribution in [0, 0.1) is 0 Å². The van der Waals surface area contributed by atoms with Crippen molar-refractivity contribution in [2.24, 2.45) is 5.73 Å². The molecule has 2 aliphatic heterocycles. The van der Waals surface area contributed by atoms with Gasteiger partial charge in [-0.2, -0.15) is 0 Å². The predicted octanol–water partition coefficient (Wildman–Crippen LogP) is 3.01. The lowest BCUT2D eigenvalue weighted by atomic mass is 9.83. The first-order valence-corrected chi connectivity index (χ1v) is 7.36. The van der Waals surface area contributed by atoms with E-state index >= 15 is 0 Å². The predicted molar refractivity (Wildman–Crippen MR) is 76.0 cm³/mol. The number of nitrogens with two attached hydrogens (primary N) is 1. The molecule has 0 aliphatic carbocycles. The maximum absolute atomic E-state index is 6.32. The Morgan fingerprint density at radius 2 is 2.00 bits per heavy atom. The van der Waals surface area contributed by atoms with Gasteiger partial charge in [0.05, 0.1) is 0 Å². The molecule has 3 heteroatoms. The van der Waals surface area contributed by atoms with Crippen LogP contribution < -0.4 is 5.73 Å². The summed E-state index contributed by atoms with van der Waals surface area (Å²) in [6.07, 6.45) is 4.84. The van der Waals surface area contributed by atoms with E-state index in [9.17, 15) is 0 Å². The van der Waals surface area contributed by atoms with Crippen LogP contribution in [0.3, 0.4) is 0 Å². The van der Waals surface area contributed by atoms with Gasteiger partial charge in [-0.25, -0.2) is 0 Å². The van der Waals surface area contributed by atoms with Crippen LogP contribution in [0.5, 0.6) is 0 Å². The van der Waals surface area contributed by atoms with Crippen molar-refractivity contribution in [3.63, 3.8) is 0 Å². The number of nitrogens with zero attached hydrogens (tertiary/aromatic N) is 1. The highest BCUT2D eigenvalue weighted by Gasteiger charge is 2.33. The van der Waals surface area contributed by atoms with Crippen LogP contribution in [-0.2, 0) is 0 Å². The van der Waals surface area contributed by atoms with Gasteiger partial charge in [-0.3, -0.25) is 4.90 Å². The molecule has 0 unspecified atom stereocenters. The standard InChI is InChI=1S/C15H21ClN2/c16-15-4-2-1-3-14(15)11-5-6-13-9-12(17)7-8-18(13)10-11/h1-4,11-13H,5-10,17H2/t11-,12+,13+/m0/s1. The van der Waals surface area contributed by atoms with Gasteiger partial charge in [0.1, 0.15) is 0 Å². The van der Waals surface area contributed by atoms with Gasteiger partial charge in [-0.1, -0.05) is 29.8 Å². The van der Waals surface area contributed by atoms with Gasteiger partial charge in [-0.05, 0) is 49.8 Å². The number of fused-ring (bicyclic) bond motifs is 1.